The summed E-state index contributed by atoms with van der Waals surface area (Å²) in [7, 11) is -2.80. The van der Waals surface area contributed by atoms with Crippen molar-refractivity contribution in [3.63, 3.8) is 0 Å². The van der Waals surface area contributed by atoms with Crippen LogP contribution in [0.4, 0.5) is 0 Å². The first-order chi connectivity index (χ1) is 11.4. The number of hydrogen-bond donors (Lipinski definition) is 0. The van der Waals surface area contributed by atoms with Gasteiger partial charge in [0, 0.05) is 44.3 Å². The lowest BCUT2D eigenvalue weighted by Gasteiger charge is -2.37. The number of hydrogen-bond acceptors (Lipinski definition) is 5. The van der Waals surface area contributed by atoms with Gasteiger partial charge in [-0.3, -0.25) is 9.80 Å². The molecule has 1 atom stereocenters. The first-order valence-electron chi connectivity index (χ1n) is 8.84. The van der Waals surface area contributed by atoms with E-state index < -0.39 is 9.84 Å². The van der Waals surface area contributed by atoms with Crippen LogP contribution in [0, 0.1) is 0 Å². The summed E-state index contributed by atoms with van der Waals surface area (Å²) in [4.78, 5) is 4.79. The van der Waals surface area contributed by atoms with Crippen LogP contribution in [0.15, 0.2) is 24.3 Å². The normalized spacial score (nSPS) is 25.2. The Bertz CT molecular complexity index is 652. The summed E-state index contributed by atoms with van der Waals surface area (Å²) in [6.45, 7) is 8.84. The van der Waals surface area contributed by atoms with E-state index in [2.05, 4.69) is 21.9 Å². The second kappa shape index (κ2) is 7.42. The molecule has 3 rings (SSSR count). The number of para-hydroxylation sites is 1. The number of piperazine rings is 1. The van der Waals surface area contributed by atoms with Gasteiger partial charge in [-0.15, -0.1) is 0 Å². The average Bonchev–Trinajstić information content (AvgIpc) is 2.90. The third-order valence-corrected chi connectivity index (χ3v) is 6.61. The predicted molar refractivity (Wildman–Crippen MR) is 96.1 cm³/mol. The lowest BCUT2D eigenvalue weighted by Crippen LogP contribution is -2.50. The van der Waals surface area contributed by atoms with E-state index in [1.165, 1.54) is 5.56 Å². The van der Waals surface area contributed by atoms with Crippen molar-refractivity contribution in [1.82, 2.24) is 9.80 Å². The molecule has 0 N–H and O–H groups in total. The fourth-order valence-corrected chi connectivity index (χ4v) is 5.36. The van der Waals surface area contributed by atoms with Crippen LogP contribution in [0.25, 0.3) is 0 Å². The Balaban J connectivity index is 1.54. The van der Waals surface area contributed by atoms with Crippen LogP contribution >= 0.6 is 0 Å². The van der Waals surface area contributed by atoms with Gasteiger partial charge in [-0.05, 0) is 26.3 Å². The van der Waals surface area contributed by atoms with Crippen molar-refractivity contribution in [2.45, 2.75) is 39.0 Å². The predicted octanol–water partition coefficient (Wildman–Crippen LogP) is 1.78. The summed E-state index contributed by atoms with van der Waals surface area (Å²) < 4.78 is 29.2. The Hall–Kier alpha value is -1.11. The number of ether oxygens (including phenoxy) is 1. The van der Waals surface area contributed by atoms with Crippen molar-refractivity contribution in [3.05, 3.63) is 29.8 Å². The zero-order valence-electron chi connectivity index (χ0n) is 14.6. The Labute approximate surface area is 145 Å². The molecule has 1 aromatic rings. The molecule has 2 aliphatic rings. The summed E-state index contributed by atoms with van der Waals surface area (Å²) in [5.74, 6) is 1.67. The molecule has 2 saturated heterocycles. The first kappa shape index (κ1) is 17.7. The fourth-order valence-electron chi connectivity index (χ4n) is 3.59. The van der Waals surface area contributed by atoms with Gasteiger partial charge < -0.3 is 4.74 Å². The summed E-state index contributed by atoms with van der Waals surface area (Å²) in [6.07, 6.45) is 0.972. The van der Waals surface area contributed by atoms with Crippen LogP contribution in [0.5, 0.6) is 5.75 Å². The van der Waals surface area contributed by atoms with Gasteiger partial charge in [-0.1, -0.05) is 18.2 Å². The van der Waals surface area contributed by atoms with E-state index >= 15 is 0 Å². The lowest BCUT2D eigenvalue weighted by molar-refractivity contribution is 0.0989. The van der Waals surface area contributed by atoms with Gasteiger partial charge >= 0.3 is 0 Å². The highest BCUT2D eigenvalue weighted by molar-refractivity contribution is 7.91. The van der Waals surface area contributed by atoms with Crippen LogP contribution in [-0.4, -0.2) is 68.0 Å². The molecule has 0 aliphatic carbocycles. The minimum Gasteiger partial charge on any atom is -0.491 e. The third kappa shape index (κ3) is 4.49. The van der Waals surface area contributed by atoms with Gasteiger partial charge in [0.2, 0.25) is 0 Å². The smallest absolute Gasteiger partial charge is 0.151 e. The van der Waals surface area contributed by atoms with Gasteiger partial charge in [0.15, 0.2) is 9.84 Å². The number of nitrogens with zero attached hydrogens (tertiary/aromatic N) is 2. The maximum Gasteiger partial charge on any atom is 0.151 e. The van der Waals surface area contributed by atoms with Crippen molar-refractivity contribution in [2.75, 3.05) is 37.7 Å². The molecule has 24 heavy (non-hydrogen) atoms. The van der Waals surface area contributed by atoms with Crippen molar-refractivity contribution in [2.24, 2.45) is 0 Å². The molecule has 0 amide bonds. The lowest BCUT2D eigenvalue weighted by atomic mass is 10.1. The fraction of sp³-hybridized carbons (Fsp3) is 0.667. The van der Waals surface area contributed by atoms with Crippen molar-refractivity contribution >= 4 is 9.84 Å². The molecule has 134 valence electrons. The van der Waals surface area contributed by atoms with Crippen molar-refractivity contribution < 1.29 is 13.2 Å². The minimum atomic E-state index is -2.80. The average molecular weight is 353 g/mol. The zero-order valence-corrected chi connectivity index (χ0v) is 15.5. The molecule has 0 radical (unpaired) electrons. The maximum absolute atomic E-state index is 11.7. The van der Waals surface area contributed by atoms with E-state index in [4.69, 9.17) is 4.74 Å². The summed E-state index contributed by atoms with van der Waals surface area (Å²) in [6, 6.07) is 8.47. The molecule has 0 bridgehead atoms. The van der Waals surface area contributed by atoms with E-state index in [0.29, 0.717) is 11.5 Å². The molecule has 2 fully saturated rings. The molecule has 6 heteroatoms. The molecule has 2 aliphatic heterocycles. The van der Waals surface area contributed by atoms with Gasteiger partial charge in [-0.25, -0.2) is 8.42 Å². The first-order valence-corrected chi connectivity index (χ1v) is 10.7. The van der Waals surface area contributed by atoms with Gasteiger partial charge in [0.25, 0.3) is 0 Å². The SMILES string of the molecule is CC(C)Oc1ccccc1CN1CCN([C@H]2CCS(=O)(=O)C2)CC1. The highest BCUT2D eigenvalue weighted by atomic mass is 32.2. The molecular formula is C18H28N2O3S. The van der Waals surface area contributed by atoms with Crippen LogP contribution in [0.3, 0.4) is 0 Å². The van der Waals surface area contributed by atoms with Crippen molar-refractivity contribution in [1.29, 1.82) is 0 Å². The van der Waals surface area contributed by atoms with E-state index in [-0.39, 0.29) is 12.1 Å². The highest BCUT2D eigenvalue weighted by Crippen LogP contribution is 2.23. The highest BCUT2D eigenvalue weighted by Gasteiger charge is 2.33. The number of rotatable bonds is 5. The number of sulfone groups is 1. The second-order valence-corrected chi connectivity index (χ2v) is 9.37. The van der Waals surface area contributed by atoms with E-state index in [9.17, 15) is 8.42 Å². The van der Waals surface area contributed by atoms with E-state index in [1.54, 1.807) is 0 Å². The van der Waals surface area contributed by atoms with Crippen LogP contribution in [0.2, 0.25) is 0 Å². The molecule has 2 heterocycles. The Morgan fingerprint density at radius 3 is 2.50 bits per heavy atom. The minimum absolute atomic E-state index is 0.173. The Morgan fingerprint density at radius 1 is 1.17 bits per heavy atom. The van der Waals surface area contributed by atoms with Crippen LogP contribution < -0.4 is 4.74 Å². The molecule has 0 unspecified atom stereocenters. The van der Waals surface area contributed by atoms with E-state index in [0.717, 1.165) is 44.9 Å². The Kier molecular flexibility index (Phi) is 5.47. The molecular weight excluding hydrogens is 324 g/mol. The quantitative estimate of drug-likeness (QED) is 0.808. The standard InChI is InChI=1S/C18H28N2O3S/c1-15(2)23-18-6-4-3-5-16(18)13-19-8-10-20(11-9-19)17-7-12-24(21,22)14-17/h3-6,15,17H,7-14H2,1-2H3/t17-/m0/s1. The monoisotopic (exact) mass is 352 g/mol. The molecule has 1 aromatic carbocycles. The largest absolute Gasteiger partial charge is 0.491 e. The summed E-state index contributed by atoms with van der Waals surface area (Å²) >= 11 is 0. The number of benzene rings is 1. The van der Waals surface area contributed by atoms with Gasteiger partial charge in [0.05, 0.1) is 17.6 Å². The molecule has 5 nitrogen and oxygen atoms in total. The topological polar surface area (TPSA) is 49.9 Å². The second-order valence-electron chi connectivity index (χ2n) is 7.14. The van der Waals surface area contributed by atoms with Crippen LogP contribution in [-0.2, 0) is 16.4 Å². The molecule has 0 spiro atoms. The third-order valence-electron chi connectivity index (χ3n) is 4.86. The summed E-state index contributed by atoms with van der Waals surface area (Å²) in [5, 5.41) is 0. The van der Waals surface area contributed by atoms with Crippen molar-refractivity contribution in [3.8, 4) is 5.75 Å². The molecule has 0 saturated carbocycles. The Morgan fingerprint density at radius 2 is 1.88 bits per heavy atom. The van der Waals surface area contributed by atoms with E-state index in [1.807, 2.05) is 26.0 Å². The maximum atomic E-state index is 11.7. The molecule has 0 aromatic heterocycles. The summed E-state index contributed by atoms with van der Waals surface area (Å²) in [5.41, 5.74) is 1.23. The van der Waals surface area contributed by atoms with Crippen LogP contribution in [0.1, 0.15) is 25.8 Å². The van der Waals surface area contributed by atoms with Gasteiger partial charge in [-0.2, -0.15) is 0 Å². The zero-order chi connectivity index (χ0) is 17.2. The van der Waals surface area contributed by atoms with Gasteiger partial charge in [0.1, 0.15) is 5.75 Å².